The summed E-state index contributed by atoms with van der Waals surface area (Å²) in [5.41, 5.74) is 2.06. The predicted octanol–water partition coefficient (Wildman–Crippen LogP) is 6.61. The number of rotatable bonds is 7. The van der Waals surface area contributed by atoms with Gasteiger partial charge in [-0.2, -0.15) is 0 Å². The first-order valence-corrected chi connectivity index (χ1v) is 8.49. The quantitative estimate of drug-likeness (QED) is 0.454. The summed E-state index contributed by atoms with van der Waals surface area (Å²) >= 11 is 0. The Hall–Kier alpha value is -0.260. The summed E-state index contributed by atoms with van der Waals surface area (Å²) in [5.74, 6) is 2.53. The molecule has 0 spiro atoms. The molecule has 0 aromatic carbocycles. The van der Waals surface area contributed by atoms with E-state index >= 15 is 0 Å². The van der Waals surface area contributed by atoms with Crippen LogP contribution in [0, 0.1) is 23.2 Å². The minimum Gasteiger partial charge on any atom is -0.0996 e. The first kappa shape index (κ1) is 16.8. The summed E-state index contributed by atoms with van der Waals surface area (Å²) in [6.07, 6.45) is 11.0. The first-order valence-electron chi connectivity index (χ1n) is 8.49. The number of hydrogen-bond donors (Lipinski definition) is 0. The van der Waals surface area contributed by atoms with E-state index in [1.807, 2.05) is 0 Å². The zero-order valence-electron chi connectivity index (χ0n) is 14.1. The summed E-state index contributed by atoms with van der Waals surface area (Å²) in [7, 11) is 0. The lowest BCUT2D eigenvalue weighted by molar-refractivity contribution is 0.230. The molecule has 1 saturated carbocycles. The van der Waals surface area contributed by atoms with E-state index in [1.54, 1.807) is 0 Å². The van der Waals surface area contributed by atoms with Crippen molar-refractivity contribution in [2.24, 2.45) is 23.2 Å². The standard InChI is InChI=1S/C19H36/c1-15(2)9-8-13-19(5,6)14-12-18-16(3)10-7-11-17(18)4/h15,17-18H,3,7-14H2,1-2,4-6H3. The van der Waals surface area contributed by atoms with E-state index in [-0.39, 0.29) is 0 Å². The third-order valence-corrected chi connectivity index (χ3v) is 5.14. The molecule has 2 atom stereocenters. The van der Waals surface area contributed by atoms with Gasteiger partial charge in [0, 0.05) is 0 Å². The Morgan fingerprint density at radius 3 is 2.53 bits per heavy atom. The third-order valence-electron chi connectivity index (χ3n) is 5.14. The first-order chi connectivity index (χ1) is 8.82. The average Bonchev–Trinajstić information content (AvgIpc) is 2.27. The lowest BCUT2D eigenvalue weighted by Gasteiger charge is -2.34. The van der Waals surface area contributed by atoms with Gasteiger partial charge in [-0.25, -0.2) is 0 Å². The van der Waals surface area contributed by atoms with Gasteiger partial charge in [0.15, 0.2) is 0 Å². The van der Waals surface area contributed by atoms with Crippen molar-refractivity contribution in [3.05, 3.63) is 12.2 Å². The molecule has 0 nitrogen and oxygen atoms in total. The molecular formula is C19H36. The minimum absolute atomic E-state index is 0.520. The van der Waals surface area contributed by atoms with Crippen LogP contribution in [0.3, 0.4) is 0 Å². The highest BCUT2D eigenvalue weighted by atomic mass is 14.3. The van der Waals surface area contributed by atoms with Gasteiger partial charge in [-0.05, 0) is 61.7 Å². The van der Waals surface area contributed by atoms with Crippen molar-refractivity contribution in [1.82, 2.24) is 0 Å². The van der Waals surface area contributed by atoms with Gasteiger partial charge < -0.3 is 0 Å². The van der Waals surface area contributed by atoms with E-state index < -0.39 is 0 Å². The van der Waals surface area contributed by atoms with E-state index in [2.05, 4.69) is 41.2 Å². The number of hydrogen-bond acceptors (Lipinski definition) is 0. The Labute approximate surface area is 122 Å². The predicted molar refractivity (Wildman–Crippen MR) is 87.3 cm³/mol. The van der Waals surface area contributed by atoms with Crippen molar-refractivity contribution < 1.29 is 0 Å². The lowest BCUT2D eigenvalue weighted by atomic mass is 9.71. The van der Waals surface area contributed by atoms with Gasteiger partial charge in [0.1, 0.15) is 0 Å². The molecule has 2 unspecified atom stereocenters. The van der Waals surface area contributed by atoms with Gasteiger partial charge in [-0.3, -0.25) is 0 Å². The van der Waals surface area contributed by atoms with E-state index in [0.717, 1.165) is 17.8 Å². The van der Waals surface area contributed by atoms with Gasteiger partial charge >= 0.3 is 0 Å². The van der Waals surface area contributed by atoms with Crippen molar-refractivity contribution in [2.45, 2.75) is 86.0 Å². The molecule has 19 heavy (non-hydrogen) atoms. The van der Waals surface area contributed by atoms with Crippen LogP contribution in [0.15, 0.2) is 12.2 Å². The Morgan fingerprint density at radius 2 is 1.95 bits per heavy atom. The molecule has 0 radical (unpaired) electrons. The molecule has 0 heterocycles. The third kappa shape index (κ3) is 6.15. The maximum atomic E-state index is 4.33. The molecule has 112 valence electrons. The molecule has 1 aliphatic rings. The Kier molecular flexibility index (Phi) is 6.63. The van der Waals surface area contributed by atoms with Crippen LogP contribution in [0.5, 0.6) is 0 Å². The molecule has 0 heteroatoms. The largest absolute Gasteiger partial charge is 0.0996 e. The van der Waals surface area contributed by atoms with E-state index in [4.69, 9.17) is 0 Å². The second-order valence-corrected chi connectivity index (χ2v) is 8.12. The van der Waals surface area contributed by atoms with Crippen molar-refractivity contribution in [3.8, 4) is 0 Å². The van der Waals surface area contributed by atoms with Crippen LogP contribution in [0.2, 0.25) is 0 Å². The van der Waals surface area contributed by atoms with E-state index in [9.17, 15) is 0 Å². The van der Waals surface area contributed by atoms with Crippen LogP contribution in [0.1, 0.15) is 86.0 Å². The van der Waals surface area contributed by atoms with Crippen molar-refractivity contribution in [1.29, 1.82) is 0 Å². The fourth-order valence-corrected chi connectivity index (χ4v) is 3.59. The summed E-state index contributed by atoms with van der Waals surface area (Å²) < 4.78 is 0. The zero-order valence-corrected chi connectivity index (χ0v) is 14.1. The Bertz CT molecular complexity index is 272. The molecule has 0 aliphatic heterocycles. The normalized spacial score (nSPS) is 25.1. The van der Waals surface area contributed by atoms with Crippen LogP contribution >= 0.6 is 0 Å². The van der Waals surface area contributed by atoms with Crippen molar-refractivity contribution >= 4 is 0 Å². The van der Waals surface area contributed by atoms with Crippen molar-refractivity contribution in [2.75, 3.05) is 0 Å². The second-order valence-electron chi connectivity index (χ2n) is 8.12. The molecule has 1 rings (SSSR count). The minimum atomic E-state index is 0.520. The van der Waals surface area contributed by atoms with Gasteiger partial charge in [0.05, 0.1) is 0 Å². The van der Waals surface area contributed by atoms with Crippen molar-refractivity contribution in [3.63, 3.8) is 0 Å². The van der Waals surface area contributed by atoms with Gasteiger partial charge in [-0.1, -0.05) is 59.6 Å². The fourth-order valence-electron chi connectivity index (χ4n) is 3.59. The highest BCUT2D eigenvalue weighted by molar-refractivity contribution is 5.05. The SMILES string of the molecule is C=C1CCCC(C)C1CCC(C)(C)CCCC(C)C. The van der Waals surface area contributed by atoms with Crippen LogP contribution in [-0.2, 0) is 0 Å². The summed E-state index contributed by atoms with van der Waals surface area (Å²) in [6, 6.07) is 0. The maximum Gasteiger partial charge on any atom is -0.0180 e. The smallest absolute Gasteiger partial charge is 0.0180 e. The van der Waals surface area contributed by atoms with Gasteiger partial charge in [-0.15, -0.1) is 0 Å². The lowest BCUT2D eigenvalue weighted by Crippen LogP contribution is -2.22. The van der Waals surface area contributed by atoms with Crippen LogP contribution < -0.4 is 0 Å². The topological polar surface area (TPSA) is 0 Å². The summed E-state index contributed by atoms with van der Waals surface area (Å²) in [5, 5.41) is 0. The van der Waals surface area contributed by atoms with Gasteiger partial charge in [0.2, 0.25) is 0 Å². The molecule has 0 amide bonds. The fraction of sp³-hybridized carbons (Fsp3) is 0.895. The molecule has 0 saturated heterocycles. The zero-order chi connectivity index (χ0) is 14.5. The molecule has 0 bridgehead atoms. The van der Waals surface area contributed by atoms with Crippen LogP contribution in [0.25, 0.3) is 0 Å². The van der Waals surface area contributed by atoms with Crippen LogP contribution in [0.4, 0.5) is 0 Å². The molecule has 0 N–H and O–H groups in total. The highest BCUT2D eigenvalue weighted by Gasteiger charge is 2.27. The average molecular weight is 264 g/mol. The van der Waals surface area contributed by atoms with E-state index in [1.165, 1.54) is 56.9 Å². The molecule has 1 fully saturated rings. The molecule has 0 aromatic heterocycles. The van der Waals surface area contributed by atoms with E-state index in [0.29, 0.717) is 5.41 Å². The Balaban J connectivity index is 2.34. The summed E-state index contributed by atoms with van der Waals surface area (Å²) in [6.45, 7) is 16.4. The maximum absolute atomic E-state index is 4.33. The summed E-state index contributed by atoms with van der Waals surface area (Å²) in [4.78, 5) is 0. The second kappa shape index (κ2) is 7.50. The van der Waals surface area contributed by atoms with Crippen LogP contribution in [-0.4, -0.2) is 0 Å². The molecule has 1 aliphatic carbocycles. The highest BCUT2D eigenvalue weighted by Crippen LogP contribution is 2.40. The molecule has 0 aromatic rings. The monoisotopic (exact) mass is 264 g/mol. The van der Waals surface area contributed by atoms with Gasteiger partial charge in [0.25, 0.3) is 0 Å². The Morgan fingerprint density at radius 1 is 1.26 bits per heavy atom. The molecular weight excluding hydrogens is 228 g/mol. The number of allylic oxidation sites excluding steroid dienone is 1.